The number of allylic oxidation sites excluding steroid dienone is 1. The lowest BCUT2D eigenvalue weighted by Gasteiger charge is -2.07. The van der Waals surface area contributed by atoms with Crippen molar-refractivity contribution in [3.05, 3.63) is 12.2 Å². The monoisotopic (exact) mass is 344 g/mol. The van der Waals surface area contributed by atoms with Crippen molar-refractivity contribution in [3.63, 3.8) is 0 Å². The van der Waals surface area contributed by atoms with Gasteiger partial charge in [-0.2, -0.15) is 11.8 Å². The molecule has 1 unspecified atom stereocenters. The number of thioether (sulfide) groups is 1. The fourth-order valence-electron chi connectivity index (χ4n) is 2.46. The molecule has 0 aromatic carbocycles. The lowest BCUT2D eigenvalue weighted by Crippen LogP contribution is -2.07. The lowest BCUT2D eigenvalue weighted by atomic mass is 10.1. The molecule has 4 heteroatoms. The third kappa shape index (κ3) is 17.7. The van der Waals surface area contributed by atoms with E-state index in [-0.39, 0.29) is 18.3 Å². The molecule has 136 valence electrons. The van der Waals surface area contributed by atoms with Gasteiger partial charge in [0.25, 0.3) is 0 Å². The molecule has 2 N–H and O–H groups in total. The minimum atomic E-state index is -0.775. The molecule has 0 radical (unpaired) electrons. The summed E-state index contributed by atoms with van der Waals surface area (Å²) < 4.78 is 0. The van der Waals surface area contributed by atoms with Gasteiger partial charge in [0.15, 0.2) is 0 Å². The Morgan fingerprint density at radius 3 is 2.09 bits per heavy atom. The molecule has 0 amide bonds. The van der Waals surface area contributed by atoms with Gasteiger partial charge in [0.1, 0.15) is 0 Å². The average molecular weight is 345 g/mol. The Hall–Kier alpha value is -0.480. The van der Waals surface area contributed by atoms with Crippen molar-refractivity contribution < 1.29 is 15.0 Å². The quantitative estimate of drug-likeness (QED) is 0.273. The fourth-order valence-corrected chi connectivity index (χ4v) is 3.39. The van der Waals surface area contributed by atoms with Gasteiger partial charge in [0, 0.05) is 11.0 Å². The van der Waals surface area contributed by atoms with Gasteiger partial charge in [-0.15, -0.1) is 0 Å². The largest absolute Gasteiger partial charge is 0.481 e. The third-order valence-corrected chi connectivity index (χ3v) is 5.08. The molecule has 0 fully saturated rings. The van der Waals surface area contributed by atoms with Crippen molar-refractivity contribution in [3.8, 4) is 0 Å². The maximum atomic E-state index is 10.4. The molecule has 0 spiro atoms. The Kier molecular flexibility index (Phi) is 17.5. The number of hydrogen-bond acceptors (Lipinski definition) is 3. The first kappa shape index (κ1) is 22.5. The third-order valence-electron chi connectivity index (χ3n) is 3.90. The van der Waals surface area contributed by atoms with Gasteiger partial charge in [-0.1, -0.05) is 76.9 Å². The van der Waals surface area contributed by atoms with E-state index in [0.717, 1.165) is 6.42 Å². The molecule has 0 heterocycles. The number of aliphatic carboxylic acids is 1. The van der Waals surface area contributed by atoms with Crippen LogP contribution in [0.4, 0.5) is 0 Å². The van der Waals surface area contributed by atoms with Crippen molar-refractivity contribution in [1.82, 2.24) is 0 Å². The minimum absolute atomic E-state index is 0.0393. The van der Waals surface area contributed by atoms with Crippen LogP contribution in [0.15, 0.2) is 12.2 Å². The van der Waals surface area contributed by atoms with Gasteiger partial charge in [-0.05, 0) is 12.8 Å². The highest BCUT2D eigenvalue weighted by atomic mass is 32.2. The van der Waals surface area contributed by atoms with Gasteiger partial charge >= 0.3 is 5.97 Å². The standard InChI is InChI=1S/C19H36O3S/c1-2-3-4-5-6-7-8-9-10-11-12-13-14-18(17-20)23-16-15-19(21)22/h13-14,18,20H,2-12,15-17H2,1H3,(H,21,22)/b14-13-. The predicted octanol–water partition coefficient (Wildman–Crippen LogP) is 5.42. The van der Waals surface area contributed by atoms with Crippen LogP contribution < -0.4 is 0 Å². The van der Waals surface area contributed by atoms with E-state index >= 15 is 0 Å². The van der Waals surface area contributed by atoms with Crippen LogP contribution in [-0.4, -0.2) is 33.8 Å². The van der Waals surface area contributed by atoms with Crippen LogP contribution in [0.3, 0.4) is 0 Å². The van der Waals surface area contributed by atoms with Crippen LogP contribution in [0.2, 0.25) is 0 Å². The summed E-state index contributed by atoms with van der Waals surface area (Å²) in [7, 11) is 0. The maximum Gasteiger partial charge on any atom is 0.304 e. The van der Waals surface area contributed by atoms with Crippen molar-refractivity contribution >= 4 is 17.7 Å². The first-order valence-electron chi connectivity index (χ1n) is 9.31. The number of aliphatic hydroxyl groups excluding tert-OH is 1. The molecular weight excluding hydrogens is 308 g/mol. The summed E-state index contributed by atoms with van der Waals surface area (Å²) in [5, 5.41) is 17.9. The molecule has 3 nitrogen and oxygen atoms in total. The molecule has 0 aromatic rings. The van der Waals surface area contributed by atoms with Crippen LogP contribution >= 0.6 is 11.8 Å². The summed E-state index contributed by atoms with van der Waals surface area (Å²) in [5.41, 5.74) is 0. The van der Waals surface area contributed by atoms with E-state index in [1.54, 1.807) is 0 Å². The highest BCUT2D eigenvalue weighted by Crippen LogP contribution is 2.15. The number of carbonyl (C=O) groups is 1. The van der Waals surface area contributed by atoms with Gasteiger partial charge in [0.05, 0.1) is 13.0 Å². The number of aliphatic hydroxyl groups is 1. The molecule has 0 aliphatic heterocycles. The van der Waals surface area contributed by atoms with Crippen molar-refractivity contribution in [2.45, 2.75) is 89.2 Å². The highest BCUT2D eigenvalue weighted by Gasteiger charge is 2.04. The zero-order chi connectivity index (χ0) is 17.2. The lowest BCUT2D eigenvalue weighted by molar-refractivity contribution is -0.136. The van der Waals surface area contributed by atoms with E-state index in [2.05, 4.69) is 13.0 Å². The Morgan fingerprint density at radius 1 is 1.00 bits per heavy atom. The summed E-state index contributed by atoms with van der Waals surface area (Å²) >= 11 is 1.52. The van der Waals surface area contributed by atoms with E-state index in [1.165, 1.54) is 76.0 Å². The topological polar surface area (TPSA) is 57.5 Å². The molecular formula is C19H36O3S. The van der Waals surface area contributed by atoms with E-state index in [0.29, 0.717) is 5.75 Å². The Morgan fingerprint density at radius 2 is 1.57 bits per heavy atom. The van der Waals surface area contributed by atoms with E-state index in [4.69, 9.17) is 5.11 Å². The number of hydrogen-bond donors (Lipinski definition) is 2. The Balaban J connectivity index is 3.38. The molecule has 0 rings (SSSR count). The second kappa shape index (κ2) is 17.9. The second-order valence-corrected chi connectivity index (χ2v) is 7.48. The Bertz CT molecular complexity index is 292. The van der Waals surface area contributed by atoms with Gasteiger partial charge in [-0.25, -0.2) is 0 Å². The van der Waals surface area contributed by atoms with E-state index < -0.39 is 5.97 Å². The van der Waals surface area contributed by atoms with Crippen molar-refractivity contribution in [2.75, 3.05) is 12.4 Å². The van der Waals surface area contributed by atoms with Crippen LogP contribution in [0, 0.1) is 0 Å². The molecule has 0 saturated carbocycles. The first-order valence-corrected chi connectivity index (χ1v) is 10.4. The van der Waals surface area contributed by atoms with Gasteiger partial charge < -0.3 is 10.2 Å². The summed E-state index contributed by atoms with van der Waals surface area (Å²) in [6.07, 6.45) is 18.9. The normalized spacial score (nSPS) is 12.8. The summed E-state index contributed by atoms with van der Waals surface area (Å²) in [6, 6.07) is 0. The van der Waals surface area contributed by atoms with E-state index in [9.17, 15) is 9.90 Å². The molecule has 0 saturated heterocycles. The molecule has 0 aliphatic rings. The number of rotatable bonds is 17. The number of carboxylic acids is 1. The fraction of sp³-hybridized carbons (Fsp3) is 0.842. The van der Waals surface area contributed by atoms with E-state index in [1.807, 2.05) is 6.08 Å². The molecule has 0 aromatic heterocycles. The van der Waals surface area contributed by atoms with Gasteiger partial charge in [-0.3, -0.25) is 4.79 Å². The number of carboxylic acid groups (broad SMARTS) is 1. The molecule has 0 aliphatic carbocycles. The summed E-state index contributed by atoms with van der Waals surface area (Å²) in [4.78, 5) is 10.4. The second-order valence-electron chi connectivity index (χ2n) is 6.13. The molecule has 23 heavy (non-hydrogen) atoms. The minimum Gasteiger partial charge on any atom is -0.481 e. The summed E-state index contributed by atoms with van der Waals surface area (Å²) in [6.45, 7) is 2.34. The van der Waals surface area contributed by atoms with Crippen molar-refractivity contribution in [1.29, 1.82) is 0 Å². The summed E-state index contributed by atoms with van der Waals surface area (Å²) in [5.74, 6) is -0.216. The van der Waals surface area contributed by atoms with Crippen LogP contribution in [0.1, 0.15) is 84.0 Å². The zero-order valence-corrected chi connectivity index (χ0v) is 15.7. The Labute approximate surface area is 146 Å². The highest BCUT2D eigenvalue weighted by molar-refractivity contribution is 8.00. The zero-order valence-electron chi connectivity index (χ0n) is 14.8. The predicted molar refractivity (Wildman–Crippen MR) is 101 cm³/mol. The smallest absolute Gasteiger partial charge is 0.304 e. The molecule has 1 atom stereocenters. The van der Waals surface area contributed by atoms with Crippen molar-refractivity contribution in [2.24, 2.45) is 0 Å². The average Bonchev–Trinajstić information content (AvgIpc) is 2.53. The van der Waals surface area contributed by atoms with Crippen LogP contribution in [0.5, 0.6) is 0 Å². The maximum absolute atomic E-state index is 10.4. The SMILES string of the molecule is CCCCCCCCCCCC/C=C\C(CO)SCCC(=O)O. The van der Waals surface area contributed by atoms with Crippen LogP contribution in [0.25, 0.3) is 0 Å². The molecule has 0 bridgehead atoms. The van der Waals surface area contributed by atoms with Gasteiger partial charge in [0.2, 0.25) is 0 Å². The number of unbranched alkanes of at least 4 members (excludes halogenated alkanes) is 10. The van der Waals surface area contributed by atoms with Crippen LogP contribution in [-0.2, 0) is 4.79 Å². The first-order chi connectivity index (χ1) is 11.2.